The van der Waals surface area contributed by atoms with Gasteiger partial charge in [0, 0.05) is 28.6 Å². The quantitative estimate of drug-likeness (QED) is 0.186. The Morgan fingerprint density at radius 1 is 1.14 bits per heavy atom. The van der Waals surface area contributed by atoms with Crippen LogP contribution in [0, 0.1) is 15.9 Å². The standard InChI is InChI=1S/C29H26FN5O7/c1-5-42-28(37)25-15(2)31-29-33-22(27(36)34(29)26(25)19-14-18(40-3)8-11-24(19)41-4)13-17-7-10-21(32-17)16-6-9-20(30)23(12-16)35(38)39/h6-14,26,32H,5H2,1-4H3,(H,31,33). The summed E-state index contributed by atoms with van der Waals surface area (Å²) in [5.74, 6) is -0.653. The molecule has 1 aliphatic heterocycles. The monoisotopic (exact) mass is 575 g/mol. The van der Waals surface area contributed by atoms with Gasteiger partial charge in [0.1, 0.15) is 22.9 Å². The smallest absolute Gasteiger partial charge is 0.338 e. The number of aromatic nitrogens is 3. The molecule has 0 saturated heterocycles. The van der Waals surface area contributed by atoms with Crippen molar-refractivity contribution in [2.24, 2.45) is 4.99 Å². The number of nitrogens with zero attached hydrogens (tertiary/aromatic N) is 3. The summed E-state index contributed by atoms with van der Waals surface area (Å²) in [4.78, 5) is 48.0. The number of methoxy groups -OCH3 is 2. The maximum atomic E-state index is 13.9. The van der Waals surface area contributed by atoms with Crippen molar-refractivity contribution >= 4 is 17.7 Å². The molecule has 13 heteroatoms. The number of carbonyl (C=O) groups is 1. The van der Waals surface area contributed by atoms with Crippen LogP contribution in [0.3, 0.4) is 0 Å². The number of hydrogen-bond acceptors (Lipinski definition) is 8. The minimum Gasteiger partial charge on any atom is -0.497 e. The van der Waals surface area contributed by atoms with Crippen molar-refractivity contribution in [1.29, 1.82) is 0 Å². The fourth-order valence-electron chi connectivity index (χ4n) is 4.88. The van der Waals surface area contributed by atoms with Crippen LogP contribution in [-0.2, 0) is 9.53 Å². The fourth-order valence-corrected chi connectivity index (χ4v) is 4.88. The highest BCUT2D eigenvalue weighted by atomic mass is 19.1. The molecule has 2 aromatic heterocycles. The molecular formula is C29H26FN5O7. The maximum absolute atomic E-state index is 13.9. The van der Waals surface area contributed by atoms with Crippen LogP contribution in [0.1, 0.15) is 31.1 Å². The van der Waals surface area contributed by atoms with Crippen molar-refractivity contribution in [3.05, 3.63) is 108 Å². The average Bonchev–Trinajstić information content (AvgIpc) is 3.56. The van der Waals surface area contributed by atoms with E-state index in [2.05, 4.69) is 15.0 Å². The van der Waals surface area contributed by atoms with E-state index in [9.17, 15) is 24.1 Å². The average molecular weight is 576 g/mol. The first kappa shape index (κ1) is 28.1. The molecule has 4 aromatic rings. The first-order chi connectivity index (χ1) is 20.2. The Morgan fingerprint density at radius 3 is 2.62 bits per heavy atom. The van der Waals surface area contributed by atoms with Crippen LogP contribution >= 0.6 is 0 Å². The lowest BCUT2D eigenvalue weighted by Gasteiger charge is -2.26. The van der Waals surface area contributed by atoms with E-state index in [0.717, 1.165) is 12.1 Å². The lowest BCUT2D eigenvalue weighted by molar-refractivity contribution is -0.387. The molecule has 0 bridgehead atoms. The third kappa shape index (κ3) is 4.96. The highest BCUT2D eigenvalue weighted by Gasteiger charge is 2.35. The molecule has 5 rings (SSSR count). The minimum absolute atomic E-state index is 0.123. The molecule has 0 aliphatic carbocycles. The van der Waals surface area contributed by atoms with Crippen LogP contribution in [0.25, 0.3) is 17.3 Å². The van der Waals surface area contributed by atoms with Crippen molar-refractivity contribution in [2.75, 3.05) is 20.8 Å². The summed E-state index contributed by atoms with van der Waals surface area (Å²) in [7, 11) is 2.99. The predicted molar refractivity (Wildman–Crippen MR) is 149 cm³/mol. The van der Waals surface area contributed by atoms with E-state index >= 15 is 0 Å². The Hall–Kier alpha value is -5.46. The summed E-state index contributed by atoms with van der Waals surface area (Å²) in [5.41, 5.74) is 1.45. The van der Waals surface area contributed by atoms with E-state index in [1.807, 2.05) is 0 Å². The third-order valence-corrected chi connectivity index (χ3v) is 6.81. The molecule has 3 heterocycles. The molecule has 42 heavy (non-hydrogen) atoms. The number of fused-ring (bicyclic) bond motifs is 1. The summed E-state index contributed by atoms with van der Waals surface area (Å²) in [6.45, 7) is 3.46. The molecule has 1 unspecified atom stereocenters. The third-order valence-electron chi connectivity index (χ3n) is 6.81. The first-order valence-corrected chi connectivity index (χ1v) is 12.8. The van der Waals surface area contributed by atoms with E-state index in [0.29, 0.717) is 39.7 Å². The van der Waals surface area contributed by atoms with E-state index < -0.39 is 34.0 Å². The van der Waals surface area contributed by atoms with Crippen molar-refractivity contribution in [1.82, 2.24) is 14.5 Å². The van der Waals surface area contributed by atoms with Gasteiger partial charge in [0.05, 0.1) is 37.0 Å². The number of ether oxygens (including phenoxy) is 3. The van der Waals surface area contributed by atoms with Crippen LogP contribution in [0.2, 0.25) is 0 Å². The maximum Gasteiger partial charge on any atom is 0.338 e. The number of aromatic amines is 2. The molecular weight excluding hydrogens is 549 g/mol. The van der Waals surface area contributed by atoms with Gasteiger partial charge in [-0.2, -0.15) is 4.39 Å². The highest BCUT2D eigenvalue weighted by molar-refractivity contribution is 5.91. The molecule has 0 spiro atoms. The van der Waals surface area contributed by atoms with Gasteiger partial charge in [-0.15, -0.1) is 0 Å². The minimum atomic E-state index is -0.952. The fraction of sp³-hybridized carbons (Fsp3) is 0.207. The van der Waals surface area contributed by atoms with Gasteiger partial charge in [0.2, 0.25) is 11.4 Å². The van der Waals surface area contributed by atoms with Crippen molar-refractivity contribution < 1.29 is 28.3 Å². The van der Waals surface area contributed by atoms with Gasteiger partial charge in [0.15, 0.2) is 0 Å². The second-order valence-corrected chi connectivity index (χ2v) is 9.27. The number of halogens is 1. The first-order valence-electron chi connectivity index (χ1n) is 12.8. The molecule has 0 radical (unpaired) electrons. The van der Waals surface area contributed by atoms with Crippen LogP contribution in [0.5, 0.6) is 11.5 Å². The van der Waals surface area contributed by atoms with Crippen molar-refractivity contribution in [2.45, 2.75) is 19.9 Å². The number of nitro groups is 1. The van der Waals surface area contributed by atoms with Gasteiger partial charge in [-0.25, -0.2) is 9.79 Å². The van der Waals surface area contributed by atoms with Gasteiger partial charge >= 0.3 is 11.7 Å². The molecule has 0 fully saturated rings. The highest BCUT2D eigenvalue weighted by Crippen LogP contribution is 2.37. The normalized spacial score (nSPS) is 14.8. The summed E-state index contributed by atoms with van der Waals surface area (Å²) >= 11 is 0. The van der Waals surface area contributed by atoms with Gasteiger partial charge in [-0.05, 0) is 62.4 Å². The Bertz CT molecular complexity index is 1940. The van der Waals surface area contributed by atoms with Crippen LogP contribution < -0.4 is 26.0 Å². The number of esters is 1. The van der Waals surface area contributed by atoms with Crippen molar-refractivity contribution in [3.8, 4) is 22.8 Å². The second-order valence-electron chi connectivity index (χ2n) is 9.27. The second kappa shape index (κ2) is 11.2. The Balaban J connectivity index is 1.66. The molecule has 216 valence electrons. The van der Waals surface area contributed by atoms with E-state index in [-0.39, 0.29) is 23.1 Å². The summed E-state index contributed by atoms with van der Waals surface area (Å²) in [6.07, 6.45) is 1.55. The Labute approximate surface area is 237 Å². The predicted octanol–water partition coefficient (Wildman–Crippen LogP) is 3.12. The zero-order chi connectivity index (χ0) is 30.1. The number of allylic oxidation sites excluding steroid dienone is 1. The van der Waals surface area contributed by atoms with Gasteiger partial charge in [-0.3, -0.25) is 19.5 Å². The molecule has 0 amide bonds. The molecule has 2 aromatic carbocycles. The zero-order valence-corrected chi connectivity index (χ0v) is 23.1. The number of benzene rings is 2. The van der Waals surface area contributed by atoms with E-state index in [1.54, 1.807) is 50.3 Å². The van der Waals surface area contributed by atoms with Crippen molar-refractivity contribution in [3.63, 3.8) is 0 Å². The number of nitrogens with one attached hydrogen (secondary N) is 2. The Morgan fingerprint density at radius 2 is 1.93 bits per heavy atom. The zero-order valence-electron chi connectivity index (χ0n) is 23.1. The molecule has 1 atom stereocenters. The molecule has 0 saturated carbocycles. The number of H-pyrrole nitrogens is 2. The SMILES string of the molecule is CCOC(=O)C1=C(C)N=c2[nH]c(=Cc3ccc(-c4ccc(F)c([N+](=O)[O-])c4)[nH]3)c(=O)n2C1c1cc(OC)ccc1OC. The van der Waals surface area contributed by atoms with Gasteiger partial charge in [-0.1, -0.05) is 0 Å². The molecule has 12 nitrogen and oxygen atoms in total. The van der Waals surface area contributed by atoms with E-state index in [1.165, 1.54) is 24.9 Å². The van der Waals surface area contributed by atoms with Crippen LogP contribution in [0.15, 0.2) is 69.6 Å². The summed E-state index contributed by atoms with van der Waals surface area (Å²) in [6, 6.07) is 11.0. The number of hydrogen-bond donors (Lipinski definition) is 2. The summed E-state index contributed by atoms with van der Waals surface area (Å²) in [5, 5.41) is 11.3. The molecule has 1 aliphatic rings. The largest absolute Gasteiger partial charge is 0.497 e. The number of carbonyl (C=O) groups excluding carboxylic acids is 1. The van der Waals surface area contributed by atoms with Gasteiger partial charge in [0.25, 0.3) is 5.56 Å². The number of nitro benzene ring substituents is 1. The molecule has 2 N–H and O–H groups in total. The summed E-state index contributed by atoms with van der Waals surface area (Å²) < 4.78 is 31.5. The topological polar surface area (TPSA) is 154 Å². The number of rotatable bonds is 8. The van der Waals surface area contributed by atoms with Gasteiger partial charge < -0.3 is 24.2 Å². The van der Waals surface area contributed by atoms with E-state index in [4.69, 9.17) is 14.2 Å². The van der Waals surface area contributed by atoms with Crippen LogP contribution in [0.4, 0.5) is 10.1 Å². The van der Waals surface area contributed by atoms with Crippen LogP contribution in [-0.4, -0.2) is 46.3 Å². The lowest BCUT2D eigenvalue weighted by Crippen LogP contribution is -2.40. The number of imidazole rings is 1. The Kier molecular flexibility index (Phi) is 7.49. The lowest BCUT2D eigenvalue weighted by atomic mass is 9.94.